The smallest absolute Gasteiger partial charge is 0.255 e. The van der Waals surface area contributed by atoms with Crippen LogP contribution in [0.1, 0.15) is 23.0 Å². The van der Waals surface area contributed by atoms with Crippen molar-refractivity contribution in [2.24, 2.45) is 0 Å². The zero-order valence-electron chi connectivity index (χ0n) is 11.8. The summed E-state index contributed by atoms with van der Waals surface area (Å²) in [6.45, 7) is 1.95. The highest BCUT2D eigenvalue weighted by molar-refractivity contribution is 6.31. The number of nitrogen functional groups attached to an aromatic ring is 1. The number of hydrogen-bond acceptors (Lipinski definition) is 4. The van der Waals surface area contributed by atoms with Crippen LogP contribution in [0.25, 0.3) is 0 Å². The van der Waals surface area contributed by atoms with E-state index in [0.29, 0.717) is 34.3 Å². The Kier molecular flexibility index (Phi) is 4.65. The number of nitrogens with one attached hydrogen (secondary N) is 1. The third kappa shape index (κ3) is 3.64. The number of nitrogens with two attached hydrogens (primary N) is 1. The minimum Gasteiger partial charge on any atom is -0.495 e. The lowest BCUT2D eigenvalue weighted by Crippen LogP contribution is -2.14. The maximum Gasteiger partial charge on any atom is 0.255 e. The molecule has 0 radical (unpaired) electrons. The van der Waals surface area contributed by atoms with E-state index in [0.717, 1.165) is 5.69 Å². The first-order valence-electron chi connectivity index (χ1n) is 6.44. The summed E-state index contributed by atoms with van der Waals surface area (Å²) < 4.78 is 5.20. The lowest BCUT2D eigenvalue weighted by atomic mass is 10.1. The number of anilines is 2. The molecule has 1 amide bonds. The predicted molar refractivity (Wildman–Crippen MR) is 84.0 cm³/mol. The Morgan fingerprint density at radius 1 is 1.38 bits per heavy atom. The number of carbonyl (C=O) groups excluding carboxylic acids is 1. The van der Waals surface area contributed by atoms with Gasteiger partial charge in [0.15, 0.2) is 0 Å². The van der Waals surface area contributed by atoms with Gasteiger partial charge < -0.3 is 15.8 Å². The summed E-state index contributed by atoms with van der Waals surface area (Å²) in [5.41, 5.74) is 7.42. The van der Waals surface area contributed by atoms with E-state index in [9.17, 15) is 4.79 Å². The van der Waals surface area contributed by atoms with Crippen molar-refractivity contribution in [3.05, 3.63) is 46.6 Å². The Balaban J connectivity index is 2.30. The highest BCUT2D eigenvalue weighted by atomic mass is 35.5. The molecule has 0 aliphatic heterocycles. The van der Waals surface area contributed by atoms with Gasteiger partial charge in [-0.25, -0.2) is 4.98 Å². The second-order valence-corrected chi connectivity index (χ2v) is 4.86. The van der Waals surface area contributed by atoms with Crippen LogP contribution in [0, 0.1) is 0 Å². The SMILES string of the molecule is CCc1cc(C(=O)Nc2cc(Cl)ccc2OC)cc(N)n1. The van der Waals surface area contributed by atoms with Crippen LogP contribution in [-0.4, -0.2) is 18.0 Å². The highest BCUT2D eigenvalue weighted by Crippen LogP contribution is 2.28. The molecular formula is C15H16ClN3O2. The first-order valence-corrected chi connectivity index (χ1v) is 6.82. The minimum absolute atomic E-state index is 0.292. The fourth-order valence-corrected chi connectivity index (χ4v) is 2.07. The van der Waals surface area contributed by atoms with Gasteiger partial charge >= 0.3 is 0 Å². The van der Waals surface area contributed by atoms with Gasteiger partial charge in [-0.05, 0) is 36.8 Å². The fraction of sp³-hybridized carbons (Fsp3) is 0.200. The molecule has 5 nitrogen and oxygen atoms in total. The van der Waals surface area contributed by atoms with Gasteiger partial charge in [0.1, 0.15) is 11.6 Å². The van der Waals surface area contributed by atoms with Crippen LogP contribution in [0.2, 0.25) is 5.02 Å². The van der Waals surface area contributed by atoms with Gasteiger partial charge in [-0.2, -0.15) is 0 Å². The van der Waals surface area contributed by atoms with Gasteiger partial charge in [0.25, 0.3) is 5.91 Å². The lowest BCUT2D eigenvalue weighted by molar-refractivity contribution is 0.102. The van der Waals surface area contributed by atoms with Crippen molar-refractivity contribution in [3.63, 3.8) is 0 Å². The number of nitrogens with zero attached hydrogens (tertiary/aromatic N) is 1. The number of amides is 1. The molecule has 3 N–H and O–H groups in total. The summed E-state index contributed by atoms with van der Waals surface area (Å²) in [6.07, 6.45) is 0.700. The zero-order chi connectivity index (χ0) is 15.4. The number of methoxy groups -OCH3 is 1. The first-order chi connectivity index (χ1) is 10.0. The summed E-state index contributed by atoms with van der Waals surface area (Å²) in [5.74, 6) is 0.558. The Morgan fingerprint density at radius 2 is 2.14 bits per heavy atom. The molecule has 0 atom stereocenters. The molecule has 1 heterocycles. The molecule has 0 bridgehead atoms. The number of ether oxygens (including phenoxy) is 1. The van der Waals surface area contributed by atoms with E-state index < -0.39 is 0 Å². The zero-order valence-corrected chi connectivity index (χ0v) is 12.6. The average molecular weight is 306 g/mol. The molecule has 1 aromatic heterocycles. The minimum atomic E-state index is -0.292. The first kappa shape index (κ1) is 15.1. The monoisotopic (exact) mass is 305 g/mol. The van der Waals surface area contributed by atoms with Crippen LogP contribution in [0.3, 0.4) is 0 Å². The van der Waals surface area contributed by atoms with Crippen molar-refractivity contribution in [2.75, 3.05) is 18.2 Å². The number of carbonyl (C=O) groups is 1. The Bertz CT molecular complexity index is 674. The molecular weight excluding hydrogens is 290 g/mol. The molecule has 21 heavy (non-hydrogen) atoms. The maximum atomic E-state index is 12.3. The van der Waals surface area contributed by atoms with Crippen molar-refractivity contribution in [1.82, 2.24) is 4.98 Å². The van der Waals surface area contributed by atoms with Crippen molar-refractivity contribution in [1.29, 1.82) is 0 Å². The van der Waals surface area contributed by atoms with E-state index in [1.54, 1.807) is 24.3 Å². The number of halogens is 1. The van der Waals surface area contributed by atoms with Gasteiger partial charge in [0, 0.05) is 16.3 Å². The van der Waals surface area contributed by atoms with Gasteiger partial charge in [-0.15, -0.1) is 0 Å². The molecule has 0 unspecified atom stereocenters. The van der Waals surface area contributed by atoms with Gasteiger partial charge in [0.05, 0.1) is 12.8 Å². The van der Waals surface area contributed by atoms with Crippen LogP contribution in [0.4, 0.5) is 11.5 Å². The average Bonchev–Trinajstić information content (AvgIpc) is 2.46. The molecule has 0 aliphatic carbocycles. The quantitative estimate of drug-likeness (QED) is 0.909. The largest absolute Gasteiger partial charge is 0.495 e. The van der Waals surface area contributed by atoms with Crippen LogP contribution in [-0.2, 0) is 6.42 Å². The summed E-state index contributed by atoms with van der Waals surface area (Å²) in [7, 11) is 1.53. The van der Waals surface area contributed by atoms with E-state index in [4.69, 9.17) is 22.1 Å². The number of aryl methyl sites for hydroxylation is 1. The molecule has 110 valence electrons. The number of rotatable bonds is 4. The van der Waals surface area contributed by atoms with Crippen molar-refractivity contribution in [2.45, 2.75) is 13.3 Å². The van der Waals surface area contributed by atoms with Crippen molar-refractivity contribution >= 4 is 29.0 Å². The summed E-state index contributed by atoms with van der Waals surface area (Å²) in [4.78, 5) is 16.5. The molecule has 6 heteroatoms. The maximum absolute atomic E-state index is 12.3. The van der Waals surface area contributed by atoms with E-state index in [1.165, 1.54) is 13.2 Å². The Labute approximate surface area is 128 Å². The third-order valence-electron chi connectivity index (χ3n) is 2.93. The van der Waals surface area contributed by atoms with E-state index in [1.807, 2.05) is 6.92 Å². The van der Waals surface area contributed by atoms with Crippen LogP contribution >= 0.6 is 11.6 Å². The van der Waals surface area contributed by atoms with Gasteiger partial charge in [-0.1, -0.05) is 18.5 Å². The summed E-state index contributed by atoms with van der Waals surface area (Å²) in [5, 5.41) is 3.27. The molecule has 2 aromatic rings. The van der Waals surface area contributed by atoms with Crippen LogP contribution in [0.15, 0.2) is 30.3 Å². The third-order valence-corrected chi connectivity index (χ3v) is 3.17. The number of hydrogen-bond donors (Lipinski definition) is 2. The molecule has 0 saturated heterocycles. The second kappa shape index (κ2) is 6.45. The second-order valence-electron chi connectivity index (χ2n) is 4.42. The Hall–Kier alpha value is -2.27. The van der Waals surface area contributed by atoms with Crippen molar-refractivity contribution < 1.29 is 9.53 Å². The molecule has 0 saturated carbocycles. The number of aromatic nitrogens is 1. The standard InChI is InChI=1S/C15H16ClN3O2/c1-3-11-6-9(7-14(17)18-11)15(20)19-12-8-10(16)4-5-13(12)21-2/h4-8H,3H2,1-2H3,(H2,17,18)(H,19,20). The summed E-state index contributed by atoms with van der Waals surface area (Å²) >= 11 is 5.94. The van der Waals surface area contributed by atoms with Gasteiger partial charge in [0.2, 0.25) is 0 Å². The van der Waals surface area contributed by atoms with E-state index in [-0.39, 0.29) is 5.91 Å². The van der Waals surface area contributed by atoms with E-state index >= 15 is 0 Å². The van der Waals surface area contributed by atoms with Crippen molar-refractivity contribution in [3.8, 4) is 5.75 Å². The Morgan fingerprint density at radius 3 is 2.81 bits per heavy atom. The normalized spacial score (nSPS) is 10.2. The van der Waals surface area contributed by atoms with Crippen LogP contribution in [0.5, 0.6) is 5.75 Å². The summed E-state index contributed by atoms with van der Waals surface area (Å²) in [6, 6.07) is 8.25. The number of pyridine rings is 1. The molecule has 1 aromatic carbocycles. The highest BCUT2D eigenvalue weighted by Gasteiger charge is 2.12. The van der Waals surface area contributed by atoms with Gasteiger partial charge in [-0.3, -0.25) is 4.79 Å². The molecule has 0 aliphatic rings. The molecule has 2 rings (SSSR count). The lowest BCUT2D eigenvalue weighted by Gasteiger charge is -2.11. The predicted octanol–water partition coefficient (Wildman–Crippen LogP) is 3.14. The molecule has 0 spiro atoms. The fourth-order valence-electron chi connectivity index (χ4n) is 1.90. The topological polar surface area (TPSA) is 77.2 Å². The van der Waals surface area contributed by atoms with E-state index in [2.05, 4.69) is 10.3 Å². The number of benzene rings is 1. The molecule has 0 fully saturated rings. The van der Waals surface area contributed by atoms with Crippen LogP contribution < -0.4 is 15.8 Å².